The Hall–Kier alpha value is -2.45. The van der Waals surface area contributed by atoms with Gasteiger partial charge in [0.15, 0.2) is 0 Å². The molecule has 0 radical (unpaired) electrons. The molecule has 0 amide bonds. The molecule has 2 aromatic rings. The van der Waals surface area contributed by atoms with Gasteiger partial charge in [-0.25, -0.2) is 13.6 Å². The summed E-state index contributed by atoms with van der Waals surface area (Å²) in [5.41, 5.74) is 2.56. The summed E-state index contributed by atoms with van der Waals surface area (Å²) in [6.45, 7) is 0.539. The summed E-state index contributed by atoms with van der Waals surface area (Å²) in [6.07, 6.45) is 3.13. The van der Waals surface area contributed by atoms with Crippen LogP contribution in [0.2, 0.25) is 0 Å². The number of nitro groups is 1. The molecule has 0 heterocycles. The third-order valence-electron chi connectivity index (χ3n) is 4.52. The van der Waals surface area contributed by atoms with Gasteiger partial charge >= 0.3 is 0 Å². The average Bonchev–Trinajstić information content (AvgIpc) is 2.59. The molecule has 0 saturated heterocycles. The Morgan fingerprint density at radius 2 is 2.00 bits per heavy atom. The standard InChI is InChI=1S/C17H19N3O4S/c18-25(23,24)17-10-14(20(21)22)8-9-16(17)19-11-13-6-3-5-12-4-1-2-7-15(12)13/h1-2,4,7-10,13,19H,3,5-6,11H2,(H2,18,23,24). The van der Waals surface area contributed by atoms with E-state index < -0.39 is 14.9 Å². The number of nitrogens with zero attached hydrogens (tertiary/aromatic N) is 1. The zero-order chi connectivity index (χ0) is 18.0. The molecule has 0 bridgehead atoms. The van der Waals surface area contributed by atoms with Crippen LogP contribution in [0.5, 0.6) is 0 Å². The number of non-ortho nitro benzene ring substituents is 1. The molecule has 0 aromatic heterocycles. The van der Waals surface area contributed by atoms with Crippen molar-refractivity contribution in [2.24, 2.45) is 5.14 Å². The van der Waals surface area contributed by atoms with Crippen LogP contribution in [-0.2, 0) is 16.4 Å². The Kier molecular flexibility index (Phi) is 4.73. The largest absolute Gasteiger partial charge is 0.383 e. The van der Waals surface area contributed by atoms with Gasteiger partial charge in [0.25, 0.3) is 5.69 Å². The Balaban J connectivity index is 1.86. The monoisotopic (exact) mass is 361 g/mol. The lowest BCUT2D eigenvalue weighted by molar-refractivity contribution is -0.385. The Morgan fingerprint density at radius 1 is 1.24 bits per heavy atom. The van der Waals surface area contributed by atoms with E-state index in [2.05, 4.69) is 17.4 Å². The number of rotatable bonds is 5. The van der Waals surface area contributed by atoms with Crippen LogP contribution >= 0.6 is 0 Å². The number of nitrogens with two attached hydrogens (primary N) is 1. The van der Waals surface area contributed by atoms with Crippen LogP contribution in [-0.4, -0.2) is 19.9 Å². The van der Waals surface area contributed by atoms with Crippen LogP contribution in [0.3, 0.4) is 0 Å². The van der Waals surface area contributed by atoms with Gasteiger partial charge in [-0.3, -0.25) is 10.1 Å². The van der Waals surface area contributed by atoms with E-state index in [-0.39, 0.29) is 22.2 Å². The predicted molar refractivity (Wildman–Crippen MR) is 95.1 cm³/mol. The number of aryl methyl sites for hydroxylation is 1. The highest BCUT2D eigenvalue weighted by Gasteiger charge is 2.22. The van der Waals surface area contributed by atoms with Crippen molar-refractivity contribution in [3.05, 3.63) is 63.7 Å². The molecule has 3 N–H and O–H groups in total. The highest BCUT2D eigenvalue weighted by molar-refractivity contribution is 7.89. The van der Waals surface area contributed by atoms with Gasteiger partial charge < -0.3 is 5.32 Å². The zero-order valence-corrected chi connectivity index (χ0v) is 14.3. The number of hydrogen-bond acceptors (Lipinski definition) is 5. The molecule has 0 aliphatic heterocycles. The summed E-state index contributed by atoms with van der Waals surface area (Å²) >= 11 is 0. The number of hydrogen-bond donors (Lipinski definition) is 2. The number of sulfonamides is 1. The first-order chi connectivity index (χ1) is 11.9. The number of anilines is 1. The van der Waals surface area contributed by atoms with Crippen molar-refractivity contribution < 1.29 is 13.3 Å². The van der Waals surface area contributed by atoms with E-state index in [1.54, 1.807) is 0 Å². The van der Waals surface area contributed by atoms with Crippen LogP contribution in [0.1, 0.15) is 29.9 Å². The quantitative estimate of drug-likeness (QED) is 0.627. The maximum atomic E-state index is 11.8. The van der Waals surface area contributed by atoms with E-state index in [1.165, 1.54) is 23.3 Å². The molecule has 8 heteroatoms. The average molecular weight is 361 g/mol. The van der Waals surface area contributed by atoms with Gasteiger partial charge in [0.2, 0.25) is 10.0 Å². The number of primary sulfonamides is 1. The van der Waals surface area contributed by atoms with Crippen molar-refractivity contribution in [2.45, 2.75) is 30.1 Å². The zero-order valence-electron chi connectivity index (χ0n) is 13.5. The van der Waals surface area contributed by atoms with Gasteiger partial charge in [0.05, 0.1) is 10.6 Å². The van der Waals surface area contributed by atoms with Crippen LogP contribution in [0.4, 0.5) is 11.4 Å². The molecule has 1 aliphatic carbocycles. The SMILES string of the molecule is NS(=O)(=O)c1cc([N+](=O)[O-])ccc1NCC1CCCc2ccccc21. The fraction of sp³-hybridized carbons (Fsp3) is 0.294. The number of nitro benzene ring substituents is 1. The molecule has 25 heavy (non-hydrogen) atoms. The highest BCUT2D eigenvalue weighted by Crippen LogP contribution is 2.32. The number of fused-ring (bicyclic) bond motifs is 1. The Labute approximate surface area is 146 Å². The second-order valence-electron chi connectivity index (χ2n) is 6.15. The van der Waals surface area contributed by atoms with E-state index in [0.29, 0.717) is 6.54 Å². The van der Waals surface area contributed by atoms with Gasteiger partial charge in [-0.15, -0.1) is 0 Å². The van der Waals surface area contributed by atoms with E-state index >= 15 is 0 Å². The third kappa shape index (κ3) is 3.80. The summed E-state index contributed by atoms with van der Waals surface area (Å²) in [4.78, 5) is 9.98. The summed E-state index contributed by atoms with van der Waals surface area (Å²) in [5, 5.41) is 19.2. The second-order valence-corrected chi connectivity index (χ2v) is 7.68. The molecule has 2 aromatic carbocycles. The van der Waals surface area contributed by atoms with Gasteiger partial charge in [0.1, 0.15) is 4.90 Å². The first kappa shape index (κ1) is 17.4. The molecule has 3 rings (SSSR count). The van der Waals surface area contributed by atoms with Crippen LogP contribution < -0.4 is 10.5 Å². The third-order valence-corrected chi connectivity index (χ3v) is 5.47. The summed E-state index contributed by atoms with van der Waals surface area (Å²) in [6, 6.07) is 11.9. The molecule has 0 saturated carbocycles. The maximum absolute atomic E-state index is 11.8. The minimum atomic E-state index is -4.07. The maximum Gasteiger partial charge on any atom is 0.270 e. The topological polar surface area (TPSA) is 115 Å². The molecule has 0 fully saturated rings. The van der Waals surface area contributed by atoms with E-state index in [0.717, 1.165) is 25.3 Å². The molecule has 1 aliphatic rings. The Morgan fingerprint density at radius 3 is 2.72 bits per heavy atom. The number of nitrogens with one attached hydrogen (secondary N) is 1. The van der Waals surface area contributed by atoms with Crippen LogP contribution in [0.15, 0.2) is 47.4 Å². The van der Waals surface area contributed by atoms with Crippen molar-refractivity contribution >= 4 is 21.4 Å². The van der Waals surface area contributed by atoms with E-state index in [9.17, 15) is 18.5 Å². The molecule has 132 valence electrons. The summed E-state index contributed by atoms with van der Waals surface area (Å²) in [5.74, 6) is 0.258. The predicted octanol–water partition coefficient (Wildman–Crippen LogP) is 2.77. The molecule has 1 unspecified atom stereocenters. The molecular weight excluding hydrogens is 342 g/mol. The number of benzene rings is 2. The minimum Gasteiger partial charge on any atom is -0.383 e. The molecule has 7 nitrogen and oxygen atoms in total. The van der Waals surface area contributed by atoms with Gasteiger partial charge in [0, 0.05) is 24.6 Å². The highest BCUT2D eigenvalue weighted by atomic mass is 32.2. The summed E-state index contributed by atoms with van der Waals surface area (Å²) < 4.78 is 23.6. The lowest BCUT2D eigenvalue weighted by Gasteiger charge is -2.26. The lowest BCUT2D eigenvalue weighted by Crippen LogP contribution is -2.20. The van der Waals surface area contributed by atoms with Gasteiger partial charge in [-0.1, -0.05) is 24.3 Å². The first-order valence-electron chi connectivity index (χ1n) is 7.99. The Bertz CT molecular complexity index is 912. The van der Waals surface area contributed by atoms with Crippen molar-refractivity contribution in [2.75, 3.05) is 11.9 Å². The van der Waals surface area contributed by atoms with Crippen molar-refractivity contribution in [1.82, 2.24) is 0 Å². The minimum absolute atomic E-state index is 0.258. The van der Waals surface area contributed by atoms with Crippen molar-refractivity contribution in [1.29, 1.82) is 0 Å². The lowest BCUT2D eigenvalue weighted by atomic mass is 9.83. The van der Waals surface area contributed by atoms with E-state index in [4.69, 9.17) is 5.14 Å². The van der Waals surface area contributed by atoms with Crippen LogP contribution in [0.25, 0.3) is 0 Å². The second kappa shape index (κ2) is 6.81. The fourth-order valence-corrected chi connectivity index (χ4v) is 4.04. The molecule has 0 spiro atoms. The van der Waals surface area contributed by atoms with E-state index in [1.807, 2.05) is 12.1 Å². The fourth-order valence-electron chi connectivity index (χ4n) is 3.31. The van der Waals surface area contributed by atoms with Gasteiger partial charge in [-0.2, -0.15) is 0 Å². The van der Waals surface area contributed by atoms with Crippen molar-refractivity contribution in [3.8, 4) is 0 Å². The van der Waals surface area contributed by atoms with Crippen molar-refractivity contribution in [3.63, 3.8) is 0 Å². The summed E-state index contributed by atoms with van der Waals surface area (Å²) in [7, 11) is -4.07. The molecule has 1 atom stereocenters. The first-order valence-corrected chi connectivity index (χ1v) is 9.54. The normalized spacial score (nSPS) is 16.9. The molecular formula is C17H19N3O4S. The van der Waals surface area contributed by atoms with Gasteiger partial charge in [-0.05, 0) is 36.5 Å². The smallest absolute Gasteiger partial charge is 0.270 e. The van der Waals surface area contributed by atoms with Crippen LogP contribution in [0, 0.1) is 10.1 Å².